The summed E-state index contributed by atoms with van der Waals surface area (Å²) in [5.74, 6) is 0.472. The summed E-state index contributed by atoms with van der Waals surface area (Å²) in [6.07, 6.45) is 3.67. The summed E-state index contributed by atoms with van der Waals surface area (Å²) in [6.45, 7) is 2.66. The van der Waals surface area contributed by atoms with E-state index in [9.17, 15) is 4.79 Å². The largest absolute Gasteiger partial charge is 0.404 e. The SMILES string of the molecule is CSc1ncc2cc(OC(=O)c3ccccc3)nc(N3CCOCC3)c2n1. The van der Waals surface area contributed by atoms with Crippen LogP contribution < -0.4 is 9.64 Å². The molecular weight excluding hydrogens is 364 g/mol. The lowest BCUT2D eigenvalue weighted by Crippen LogP contribution is -2.37. The van der Waals surface area contributed by atoms with Crippen LogP contribution in [0.1, 0.15) is 10.4 Å². The number of morpholine rings is 1. The van der Waals surface area contributed by atoms with E-state index < -0.39 is 5.97 Å². The van der Waals surface area contributed by atoms with Gasteiger partial charge in [-0.25, -0.2) is 14.8 Å². The highest BCUT2D eigenvalue weighted by Gasteiger charge is 2.20. The van der Waals surface area contributed by atoms with E-state index in [0.717, 1.165) is 10.9 Å². The Balaban J connectivity index is 1.74. The van der Waals surface area contributed by atoms with Gasteiger partial charge in [-0.3, -0.25) is 0 Å². The van der Waals surface area contributed by atoms with Crippen molar-refractivity contribution in [3.8, 4) is 5.88 Å². The zero-order valence-electron chi connectivity index (χ0n) is 14.8. The third kappa shape index (κ3) is 3.86. The Hall–Kier alpha value is -2.71. The maximum atomic E-state index is 12.4. The van der Waals surface area contributed by atoms with Crippen LogP contribution in [-0.4, -0.2) is 53.5 Å². The minimum absolute atomic E-state index is 0.235. The Morgan fingerprint density at radius 1 is 1.19 bits per heavy atom. The number of ether oxygens (including phenoxy) is 2. The minimum Gasteiger partial charge on any atom is -0.404 e. The summed E-state index contributed by atoms with van der Waals surface area (Å²) in [6, 6.07) is 10.6. The third-order valence-electron chi connectivity index (χ3n) is 4.20. The second-order valence-electron chi connectivity index (χ2n) is 5.93. The molecule has 27 heavy (non-hydrogen) atoms. The molecule has 1 saturated heterocycles. The van der Waals surface area contributed by atoms with Crippen molar-refractivity contribution < 1.29 is 14.3 Å². The van der Waals surface area contributed by atoms with Gasteiger partial charge in [-0.2, -0.15) is 4.98 Å². The second kappa shape index (κ2) is 7.89. The van der Waals surface area contributed by atoms with E-state index in [1.165, 1.54) is 11.8 Å². The maximum Gasteiger partial charge on any atom is 0.344 e. The van der Waals surface area contributed by atoms with Gasteiger partial charge in [0.05, 0.1) is 18.8 Å². The average molecular weight is 382 g/mol. The van der Waals surface area contributed by atoms with Gasteiger partial charge in [-0.1, -0.05) is 30.0 Å². The molecule has 0 atom stereocenters. The van der Waals surface area contributed by atoms with Gasteiger partial charge in [0.2, 0.25) is 5.88 Å². The first-order valence-electron chi connectivity index (χ1n) is 8.56. The van der Waals surface area contributed by atoms with Crippen LogP contribution in [0, 0.1) is 0 Å². The molecule has 0 aliphatic carbocycles. The highest BCUT2D eigenvalue weighted by molar-refractivity contribution is 7.98. The number of pyridine rings is 1. The average Bonchev–Trinajstić information content (AvgIpc) is 2.74. The first kappa shape index (κ1) is 17.7. The van der Waals surface area contributed by atoms with E-state index in [1.807, 2.05) is 12.3 Å². The van der Waals surface area contributed by atoms with Crippen molar-refractivity contribution in [2.24, 2.45) is 0 Å². The van der Waals surface area contributed by atoms with E-state index in [2.05, 4.69) is 19.9 Å². The van der Waals surface area contributed by atoms with Crippen LogP contribution in [0.5, 0.6) is 5.88 Å². The summed E-state index contributed by atoms with van der Waals surface area (Å²) >= 11 is 1.47. The Morgan fingerprint density at radius 2 is 1.96 bits per heavy atom. The molecule has 8 heteroatoms. The van der Waals surface area contributed by atoms with E-state index in [1.54, 1.807) is 36.5 Å². The number of fused-ring (bicyclic) bond motifs is 1. The van der Waals surface area contributed by atoms with Crippen LogP contribution in [0.25, 0.3) is 10.9 Å². The van der Waals surface area contributed by atoms with Crippen molar-refractivity contribution in [2.75, 3.05) is 37.5 Å². The molecule has 1 aliphatic rings. The maximum absolute atomic E-state index is 12.4. The number of carbonyl (C=O) groups excluding carboxylic acids is 1. The fourth-order valence-electron chi connectivity index (χ4n) is 2.86. The number of aromatic nitrogens is 3. The summed E-state index contributed by atoms with van der Waals surface area (Å²) in [7, 11) is 0. The van der Waals surface area contributed by atoms with Crippen molar-refractivity contribution in [3.63, 3.8) is 0 Å². The number of nitrogens with zero attached hydrogens (tertiary/aromatic N) is 4. The molecule has 1 aliphatic heterocycles. The molecule has 0 spiro atoms. The zero-order valence-corrected chi connectivity index (χ0v) is 15.6. The summed E-state index contributed by atoms with van der Waals surface area (Å²) in [5, 5.41) is 1.45. The standard InChI is InChI=1S/C19H18N4O3S/c1-27-19-20-12-14-11-15(26-18(24)13-5-3-2-4-6-13)21-17(16(14)22-19)23-7-9-25-10-8-23/h2-6,11-12H,7-10H2,1H3. The Bertz CT molecular complexity index is 962. The molecule has 1 aromatic carbocycles. The molecular formula is C19H18N4O3S. The van der Waals surface area contributed by atoms with Crippen LogP contribution >= 0.6 is 11.8 Å². The van der Waals surface area contributed by atoms with Crippen LogP contribution in [0.4, 0.5) is 5.82 Å². The van der Waals surface area contributed by atoms with E-state index in [0.29, 0.717) is 42.8 Å². The van der Waals surface area contributed by atoms with Gasteiger partial charge >= 0.3 is 5.97 Å². The molecule has 1 fully saturated rings. The number of hydrogen-bond acceptors (Lipinski definition) is 8. The van der Waals surface area contributed by atoms with Gasteiger partial charge in [0.1, 0.15) is 5.52 Å². The number of thioether (sulfide) groups is 1. The highest BCUT2D eigenvalue weighted by Crippen LogP contribution is 2.29. The number of carbonyl (C=O) groups is 1. The molecule has 7 nitrogen and oxygen atoms in total. The van der Waals surface area contributed by atoms with Crippen molar-refractivity contribution in [2.45, 2.75) is 5.16 Å². The molecule has 2 aromatic heterocycles. The summed E-state index contributed by atoms with van der Waals surface area (Å²) in [5.41, 5.74) is 1.22. The number of hydrogen-bond donors (Lipinski definition) is 0. The minimum atomic E-state index is -0.447. The second-order valence-corrected chi connectivity index (χ2v) is 6.71. The fourth-order valence-corrected chi connectivity index (χ4v) is 3.20. The van der Waals surface area contributed by atoms with Crippen molar-refractivity contribution >= 4 is 34.5 Å². The lowest BCUT2D eigenvalue weighted by Gasteiger charge is -2.28. The highest BCUT2D eigenvalue weighted by atomic mass is 32.2. The van der Waals surface area contributed by atoms with Crippen LogP contribution in [-0.2, 0) is 4.74 Å². The van der Waals surface area contributed by atoms with Gasteiger partial charge < -0.3 is 14.4 Å². The van der Waals surface area contributed by atoms with Gasteiger partial charge in [-0.05, 0) is 18.4 Å². The molecule has 138 valence electrons. The van der Waals surface area contributed by atoms with Gasteiger partial charge in [0.25, 0.3) is 0 Å². The monoisotopic (exact) mass is 382 g/mol. The molecule has 3 aromatic rings. The number of rotatable bonds is 4. The summed E-state index contributed by atoms with van der Waals surface area (Å²) < 4.78 is 11.0. The summed E-state index contributed by atoms with van der Waals surface area (Å²) in [4.78, 5) is 28.0. The smallest absolute Gasteiger partial charge is 0.344 e. The molecule has 0 amide bonds. The molecule has 0 bridgehead atoms. The van der Waals surface area contributed by atoms with Gasteiger partial charge in [0, 0.05) is 30.7 Å². The Labute approximate surface area is 160 Å². The number of benzene rings is 1. The molecule has 0 saturated carbocycles. The molecule has 0 N–H and O–H groups in total. The zero-order chi connectivity index (χ0) is 18.6. The third-order valence-corrected chi connectivity index (χ3v) is 4.76. The van der Waals surface area contributed by atoms with E-state index >= 15 is 0 Å². The van der Waals surface area contributed by atoms with Crippen molar-refractivity contribution in [3.05, 3.63) is 48.2 Å². The topological polar surface area (TPSA) is 77.4 Å². The van der Waals surface area contributed by atoms with Crippen molar-refractivity contribution in [1.29, 1.82) is 0 Å². The van der Waals surface area contributed by atoms with Gasteiger partial charge in [-0.15, -0.1) is 0 Å². The lowest BCUT2D eigenvalue weighted by atomic mass is 10.2. The van der Waals surface area contributed by atoms with E-state index in [4.69, 9.17) is 9.47 Å². The quantitative estimate of drug-likeness (QED) is 0.387. The van der Waals surface area contributed by atoms with Crippen LogP contribution in [0.3, 0.4) is 0 Å². The fraction of sp³-hybridized carbons (Fsp3) is 0.263. The predicted octanol–water partition coefficient (Wildman–Crippen LogP) is 2.80. The normalized spacial score (nSPS) is 14.3. The molecule has 0 radical (unpaired) electrons. The van der Waals surface area contributed by atoms with E-state index in [-0.39, 0.29) is 5.88 Å². The molecule has 3 heterocycles. The first-order chi connectivity index (χ1) is 13.2. The molecule has 4 rings (SSSR count). The molecule has 0 unspecified atom stereocenters. The predicted molar refractivity (Wildman–Crippen MR) is 104 cm³/mol. The Morgan fingerprint density at radius 3 is 2.70 bits per heavy atom. The van der Waals surface area contributed by atoms with Crippen LogP contribution in [0.2, 0.25) is 0 Å². The number of esters is 1. The first-order valence-corrected chi connectivity index (χ1v) is 9.79. The van der Waals surface area contributed by atoms with Crippen LogP contribution in [0.15, 0.2) is 47.8 Å². The Kier molecular flexibility index (Phi) is 5.17. The number of anilines is 1. The van der Waals surface area contributed by atoms with Gasteiger partial charge in [0.15, 0.2) is 11.0 Å². The lowest BCUT2D eigenvalue weighted by molar-refractivity contribution is 0.0727. The van der Waals surface area contributed by atoms with Crippen molar-refractivity contribution in [1.82, 2.24) is 15.0 Å².